The molecule has 0 bridgehead atoms. The molecule has 2 amide bonds. The van der Waals surface area contributed by atoms with Crippen LogP contribution in [-0.4, -0.2) is 40.3 Å². The summed E-state index contributed by atoms with van der Waals surface area (Å²) < 4.78 is 2.08. The molecule has 18 heavy (non-hydrogen) atoms. The fourth-order valence-electron chi connectivity index (χ4n) is 1.48. The van der Waals surface area contributed by atoms with E-state index in [0.717, 1.165) is 0 Å². The average Bonchev–Trinajstić information content (AvgIpc) is 2.32. The molecule has 0 aliphatic rings. The predicted molar refractivity (Wildman–Crippen MR) is 72.7 cm³/mol. The number of rotatable bonds is 4. The van der Waals surface area contributed by atoms with Crippen molar-refractivity contribution in [3.05, 3.63) is 27.1 Å². The van der Waals surface area contributed by atoms with Gasteiger partial charge in [-0.3, -0.25) is 4.79 Å². The Labute approximate surface area is 113 Å². The molecule has 100 valence electrons. The number of aromatic nitrogens is 1. The van der Waals surface area contributed by atoms with Gasteiger partial charge < -0.3 is 19.9 Å². The molecule has 0 aliphatic carbocycles. The molecule has 2 N–H and O–H groups in total. The number of pyridine rings is 1. The summed E-state index contributed by atoms with van der Waals surface area (Å²) in [5, 5.41) is 11.4. The molecule has 0 aliphatic heterocycles. The minimum absolute atomic E-state index is 0.113. The zero-order chi connectivity index (χ0) is 13.7. The minimum atomic E-state index is -0.401. The van der Waals surface area contributed by atoms with Crippen molar-refractivity contribution in [1.82, 2.24) is 9.47 Å². The van der Waals surface area contributed by atoms with Gasteiger partial charge in [-0.25, -0.2) is 4.79 Å². The van der Waals surface area contributed by atoms with E-state index in [1.54, 1.807) is 26.2 Å². The first-order valence-corrected chi connectivity index (χ1v) is 6.31. The number of anilines is 1. The highest BCUT2D eigenvalue weighted by molar-refractivity contribution is 9.10. The highest BCUT2D eigenvalue weighted by Gasteiger charge is 2.13. The highest BCUT2D eigenvalue weighted by Crippen LogP contribution is 2.11. The number of hydrogen-bond donors (Lipinski definition) is 2. The summed E-state index contributed by atoms with van der Waals surface area (Å²) in [6, 6.07) is 1.15. The number of likely N-dealkylation sites (N-methyl/N-ethyl adjacent to an activating group) is 1. The molecule has 7 heteroatoms. The van der Waals surface area contributed by atoms with Gasteiger partial charge in [-0.15, -0.1) is 0 Å². The quantitative estimate of drug-likeness (QED) is 0.869. The van der Waals surface area contributed by atoms with Gasteiger partial charge in [0.25, 0.3) is 5.56 Å². The maximum atomic E-state index is 11.8. The third-order valence-electron chi connectivity index (χ3n) is 2.43. The normalized spacial score (nSPS) is 10.2. The van der Waals surface area contributed by atoms with Crippen molar-refractivity contribution in [3.63, 3.8) is 0 Å². The van der Waals surface area contributed by atoms with Crippen molar-refractivity contribution in [3.8, 4) is 0 Å². The Bertz CT molecular complexity index is 487. The predicted octanol–water partition coefficient (Wildman–Crippen LogP) is 0.994. The Hall–Kier alpha value is -1.34. The lowest BCUT2D eigenvalue weighted by atomic mass is 10.4. The molecule has 0 saturated heterocycles. The zero-order valence-electron chi connectivity index (χ0n) is 10.3. The topological polar surface area (TPSA) is 74.6 Å². The van der Waals surface area contributed by atoms with Gasteiger partial charge in [0.1, 0.15) is 5.69 Å². The number of aliphatic hydroxyl groups is 1. The van der Waals surface area contributed by atoms with Gasteiger partial charge in [0.15, 0.2) is 0 Å². The first-order chi connectivity index (χ1) is 8.49. The van der Waals surface area contributed by atoms with Crippen LogP contribution in [-0.2, 0) is 7.05 Å². The van der Waals surface area contributed by atoms with Crippen molar-refractivity contribution in [1.29, 1.82) is 0 Å². The molecule has 6 nitrogen and oxygen atoms in total. The van der Waals surface area contributed by atoms with Crippen LogP contribution in [0.1, 0.15) is 6.92 Å². The van der Waals surface area contributed by atoms with Gasteiger partial charge in [-0.2, -0.15) is 0 Å². The number of nitrogens with zero attached hydrogens (tertiary/aromatic N) is 2. The number of aryl methyl sites for hydroxylation is 1. The molecule has 0 unspecified atom stereocenters. The third-order valence-corrected chi connectivity index (χ3v) is 2.86. The number of hydrogen-bond acceptors (Lipinski definition) is 3. The van der Waals surface area contributed by atoms with Crippen molar-refractivity contribution in [2.75, 3.05) is 25.0 Å². The average molecular weight is 318 g/mol. The molecule has 1 aromatic rings. The SMILES string of the molecule is CCN(CCO)C(=O)Nc1cc(Br)cn(C)c1=O. The third kappa shape index (κ3) is 3.58. The highest BCUT2D eigenvalue weighted by atomic mass is 79.9. The molecule has 0 saturated carbocycles. The molecule has 1 aromatic heterocycles. The number of aliphatic hydroxyl groups excluding tert-OH is 1. The van der Waals surface area contributed by atoms with Crippen LogP contribution in [0.25, 0.3) is 0 Å². The zero-order valence-corrected chi connectivity index (χ0v) is 11.9. The van der Waals surface area contributed by atoms with E-state index in [9.17, 15) is 9.59 Å². The molecule has 0 atom stereocenters. The van der Waals surface area contributed by atoms with E-state index in [-0.39, 0.29) is 24.4 Å². The number of carbonyl (C=O) groups excluding carboxylic acids is 1. The van der Waals surface area contributed by atoms with Gasteiger partial charge >= 0.3 is 6.03 Å². The first kappa shape index (κ1) is 14.7. The summed E-state index contributed by atoms with van der Waals surface area (Å²) in [7, 11) is 1.61. The van der Waals surface area contributed by atoms with Gasteiger partial charge in [0.2, 0.25) is 0 Å². The van der Waals surface area contributed by atoms with Crippen molar-refractivity contribution in [2.24, 2.45) is 7.05 Å². The maximum absolute atomic E-state index is 11.8. The Balaban J connectivity index is 2.91. The van der Waals surface area contributed by atoms with E-state index in [1.807, 2.05) is 0 Å². The van der Waals surface area contributed by atoms with Crippen LogP contribution >= 0.6 is 15.9 Å². The molecule has 0 fully saturated rings. The molecular formula is C11H16BrN3O3. The number of amides is 2. The van der Waals surface area contributed by atoms with Crippen LogP contribution < -0.4 is 10.9 Å². The van der Waals surface area contributed by atoms with Gasteiger partial charge in [-0.1, -0.05) is 0 Å². The van der Waals surface area contributed by atoms with E-state index in [0.29, 0.717) is 11.0 Å². The summed E-state index contributed by atoms with van der Waals surface area (Å²) in [4.78, 5) is 25.1. The fourth-order valence-corrected chi connectivity index (χ4v) is 2.01. The Kier molecular flexibility index (Phi) is 5.36. The maximum Gasteiger partial charge on any atom is 0.322 e. The van der Waals surface area contributed by atoms with E-state index < -0.39 is 6.03 Å². The molecule has 1 rings (SSSR count). The Morgan fingerprint density at radius 2 is 2.28 bits per heavy atom. The van der Waals surface area contributed by atoms with Gasteiger partial charge in [-0.05, 0) is 28.9 Å². The van der Waals surface area contributed by atoms with E-state index in [2.05, 4.69) is 21.2 Å². The summed E-state index contributed by atoms with van der Waals surface area (Å²) in [6.45, 7) is 2.38. The molecule has 0 aromatic carbocycles. The standard InChI is InChI=1S/C11H16BrN3O3/c1-3-15(4-5-16)11(18)13-9-6-8(12)7-14(2)10(9)17/h6-7,16H,3-5H2,1-2H3,(H,13,18). The molecule has 0 spiro atoms. The summed E-state index contributed by atoms with van der Waals surface area (Å²) in [6.07, 6.45) is 1.61. The van der Waals surface area contributed by atoms with Crippen LogP contribution in [0.15, 0.2) is 21.5 Å². The summed E-state index contributed by atoms with van der Waals surface area (Å²) in [5.41, 5.74) is -0.0835. The second-order valence-electron chi connectivity index (χ2n) is 3.72. The van der Waals surface area contributed by atoms with E-state index in [4.69, 9.17) is 5.11 Å². The number of halogens is 1. The largest absolute Gasteiger partial charge is 0.395 e. The first-order valence-electron chi connectivity index (χ1n) is 5.52. The lowest BCUT2D eigenvalue weighted by Crippen LogP contribution is -2.38. The van der Waals surface area contributed by atoms with Gasteiger partial charge in [0.05, 0.1) is 6.61 Å². The Morgan fingerprint density at radius 3 is 2.83 bits per heavy atom. The van der Waals surface area contributed by atoms with Crippen LogP contribution in [0.3, 0.4) is 0 Å². The van der Waals surface area contributed by atoms with Crippen molar-refractivity contribution in [2.45, 2.75) is 6.92 Å². The molecular weight excluding hydrogens is 302 g/mol. The fraction of sp³-hybridized carbons (Fsp3) is 0.455. The lowest BCUT2D eigenvalue weighted by Gasteiger charge is -2.20. The smallest absolute Gasteiger partial charge is 0.322 e. The molecule has 0 radical (unpaired) electrons. The van der Waals surface area contributed by atoms with Crippen LogP contribution in [0.4, 0.5) is 10.5 Å². The Morgan fingerprint density at radius 1 is 1.61 bits per heavy atom. The van der Waals surface area contributed by atoms with Crippen molar-refractivity contribution >= 4 is 27.6 Å². The van der Waals surface area contributed by atoms with Crippen LogP contribution in [0, 0.1) is 0 Å². The number of urea groups is 1. The number of nitrogens with one attached hydrogen (secondary N) is 1. The monoisotopic (exact) mass is 317 g/mol. The second kappa shape index (κ2) is 6.55. The van der Waals surface area contributed by atoms with Crippen molar-refractivity contribution < 1.29 is 9.90 Å². The summed E-state index contributed by atoms with van der Waals surface area (Å²) in [5.74, 6) is 0. The van der Waals surface area contributed by atoms with Crippen LogP contribution in [0.5, 0.6) is 0 Å². The second-order valence-corrected chi connectivity index (χ2v) is 4.64. The van der Waals surface area contributed by atoms with Gasteiger partial charge in [0, 0.05) is 30.8 Å². The van der Waals surface area contributed by atoms with Crippen LogP contribution in [0.2, 0.25) is 0 Å². The van der Waals surface area contributed by atoms with E-state index >= 15 is 0 Å². The summed E-state index contributed by atoms with van der Waals surface area (Å²) >= 11 is 3.26. The van der Waals surface area contributed by atoms with E-state index in [1.165, 1.54) is 9.47 Å². The number of carbonyl (C=O) groups is 1. The molecule has 1 heterocycles. The minimum Gasteiger partial charge on any atom is -0.395 e. The lowest BCUT2D eigenvalue weighted by molar-refractivity contribution is 0.192.